The first-order valence-electron chi connectivity index (χ1n) is 6.91. The minimum absolute atomic E-state index is 0.140. The standard InChI is InChI=1S/C16H20N2O/c1-16(10-6-3-7-11-16)18-15(19)14(12-17)13-8-4-2-5-9-13/h2,4-5,8-9,14H,3,6-7,10-11H2,1H3,(H,18,19). The zero-order chi connectivity index (χ0) is 13.7. The Hall–Kier alpha value is -1.82. The highest BCUT2D eigenvalue weighted by molar-refractivity contribution is 5.87. The summed E-state index contributed by atoms with van der Waals surface area (Å²) in [5, 5.41) is 12.3. The van der Waals surface area contributed by atoms with Crippen LogP contribution in [0.25, 0.3) is 0 Å². The van der Waals surface area contributed by atoms with Crippen LogP contribution in [0.1, 0.15) is 50.5 Å². The molecule has 1 amide bonds. The first kappa shape index (κ1) is 13.6. The summed E-state index contributed by atoms with van der Waals surface area (Å²) in [7, 11) is 0. The van der Waals surface area contributed by atoms with Crippen LogP contribution in [-0.4, -0.2) is 11.4 Å². The molecule has 0 heterocycles. The normalized spacial score (nSPS) is 19.2. The third kappa shape index (κ3) is 3.35. The van der Waals surface area contributed by atoms with Gasteiger partial charge in [-0.25, -0.2) is 0 Å². The van der Waals surface area contributed by atoms with Gasteiger partial charge in [0.15, 0.2) is 0 Å². The summed E-state index contributed by atoms with van der Waals surface area (Å²) < 4.78 is 0. The van der Waals surface area contributed by atoms with Crippen LogP contribution in [0.5, 0.6) is 0 Å². The number of hydrogen-bond acceptors (Lipinski definition) is 2. The highest BCUT2D eigenvalue weighted by atomic mass is 16.2. The van der Waals surface area contributed by atoms with Gasteiger partial charge in [-0.05, 0) is 25.3 Å². The molecule has 0 spiro atoms. The molecule has 3 heteroatoms. The molecular weight excluding hydrogens is 236 g/mol. The minimum atomic E-state index is -0.708. The summed E-state index contributed by atoms with van der Waals surface area (Å²) in [6.07, 6.45) is 5.56. The van der Waals surface area contributed by atoms with Gasteiger partial charge >= 0.3 is 0 Å². The lowest BCUT2D eigenvalue weighted by Crippen LogP contribution is -2.48. The van der Waals surface area contributed by atoms with Crippen molar-refractivity contribution in [3.05, 3.63) is 35.9 Å². The third-order valence-electron chi connectivity index (χ3n) is 3.91. The van der Waals surface area contributed by atoms with E-state index in [1.165, 1.54) is 6.42 Å². The molecule has 0 aliphatic heterocycles. The van der Waals surface area contributed by atoms with Crippen LogP contribution in [0.3, 0.4) is 0 Å². The molecule has 1 fully saturated rings. The van der Waals surface area contributed by atoms with Crippen LogP contribution in [-0.2, 0) is 4.79 Å². The van der Waals surface area contributed by atoms with Crippen molar-refractivity contribution in [2.45, 2.75) is 50.5 Å². The first-order chi connectivity index (χ1) is 9.14. The fraction of sp³-hybridized carbons (Fsp3) is 0.500. The maximum absolute atomic E-state index is 12.3. The third-order valence-corrected chi connectivity index (χ3v) is 3.91. The van der Waals surface area contributed by atoms with Gasteiger partial charge in [-0.2, -0.15) is 5.26 Å². The molecule has 1 aliphatic rings. The highest BCUT2D eigenvalue weighted by Crippen LogP contribution is 2.28. The van der Waals surface area contributed by atoms with E-state index in [1.54, 1.807) is 0 Å². The van der Waals surface area contributed by atoms with Crippen LogP contribution < -0.4 is 5.32 Å². The van der Waals surface area contributed by atoms with E-state index in [-0.39, 0.29) is 11.4 Å². The lowest BCUT2D eigenvalue weighted by molar-refractivity contribution is -0.123. The summed E-state index contributed by atoms with van der Waals surface area (Å²) in [6, 6.07) is 11.4. The van der Waals surface area contributed by atoms with E-state index in [0.29, 0.717) is 0 Å². The largest absolute Gasteiger partial charge is 0.350 e. The number of benzene rings is 1. The smallest absolute Gasteiger partial charge is 0.242 e. The van der Waals surface area contributed by atoms with Gasteiger partial charge in [-0.3, -0.25) is 4.79 Å². The number of rotatable bonds is 3. The molecule has 1 aromatic carbocycles. The molecule has 1 saturated carbocycles. The quantitative estimate of drug-likeness (QED) is 0.903. The van der Waals surface area contributed by atoms with Crippen molar-refractivity contribution in [2.75, 3.05) is 0 Å². The number of hydrogen-bond donors (Lipinski definition) is 1. The highest BCUT2D eigenvalue weighted by Gasteiger charge is 2.31. The summed E-state index contributed by atoms with van der Waals surface area (Å²) >= 11 is 0. The zero-order valence-electron chi connectivity index (χ0n) is 11.4. The molecule has 1 aliphatic carbocycles. The van der Waals surface area contributed by atoms with E-state index in [0.717, 1.165) is 31.2 Å². The maximum atomic E-state index is 12.3. The predicted molar refractivity (Wildman–Crippen MR) is 74.4 cm³/mol. The Morgan fingerprint density at radius 3 is 2.47 bits per heavy atom. The van der Waals surface area contributed by atoms with Gasteiger partial charge in [0, 0.05) is 5.54 Å². The molecule has 0 bridgehead atoms. The molecule has 1 aromatic rings. The van der Waals surface area contributed by atoms with E-state index in [4.69, 9.17) is 0 Å². The van der Waals surface area contributed by atoms with E-state index in [2.05, 4.69) is 18.3 Å². The Morgan fingerprint density at radius 1 is 1.26 bits per heavy atom. The van der Waals surface area contributed by atoms with Crippen LogP contribution in [0.15, 0.2) is 30.3 Å². The number of carbonyl (C=O) groups excluding carboxylic acids is 1. The average molecular weight is 256 g/mol. The summed E-state index contributed by atoms with van der Waals surface area (Å²) in [5.74, 6) is -0.877. The molecule has 0 aromatic heterocycles. The molecule has 1 atom stereocenters. The van der Waals surface area contributed by atoms with Crippen molar-refractivity contribution < 1.29 is 4.79 Å². The monoisotopic (exact) mass is 256 g/mol. The summed E-state index contributed by atoms with van der Waals surface area (Å²) in [4.78, 5) is 12.3. The number of amides is 1. The number of nitrogens with zero attached hydrogens (tertiary/aromatic N) is 1. The van der Waals surface area contributed by atoms with E-state index in [1.807, 2.05) is 30.3 Å². The predicted octanol–water partition coefficient (Wildman–Crippen LogP) is 3.13. The Labute approximate surface area is 114 Å². The number of nitrogens with one attached hydrogen (secondary N) is 1. The van der Waals surface area contributed by atoms with Crippen molar-refractivity contribution in [3.8, 4) is 6.07 Å². The van der Waals surface area contributed by atoms with Gasteiger partial charge < -0.3 is 5.32 Å². The first-order valence-corrected chi connectivity index (χ1v) is 6.91. The minimum Gasteiger partial charge on any atom is -0.350 e. The van der Waals surface area contributed by atoms with Gasteiger partial charge in [0.25, 0.3) is 0 Å². The van der Waals surface area contributed by atoms with Crippen LogP contribution in [0, 0.1) is 11.3 Å². The van der Waals surface area contributed by atoms with Crippen LogP contribution in [0.2, 0.25) is 0 Å². The van der Waals surface area contributed by atoms with Crippen molar-refractivity contribution in [3.63, 3.8) is 0 Å². The van der Waals surface area contributed by atoms with Crippen LogP contribution >= 0.6 is 0 Å². The van der Waals surface area contributed by atoms with Crippen molar-refractivity contribution in [1.82, 2.24) is 5.32 Å². The van der Waals surface area contributed by atoms with Crippen molar-refractivity contribution in [2.24, 2.45) is 0 Å². The van der Waals surface area contributed by atoms with Gasteiger partial charge in [-0.1, -0.05) is 49.6 Å². The lowest BCUT2D eigenvalue weighted by atomic mass is 9.82. The topological polar surface area (TPSA) is 52.9 Å². The van der Waals surface area contributed by atoms with E-state index in [9.17, 15) is 10.1 Å². The van der Waals surface area contributed by atoms with E-state index < -0.39 is 5.92 Å². The van der Waals surface area contributed by atoms with Crippen molar-refractivity contribution >= 4 is 5.91 Å². The summed E-state index contributed by atoms with van der Waals surface area (Å²) in [5.41, 5.74) is 0.626. The summed E-state index contributed by atoms with van der Waals surface area (Å²) in [6.45, 7) is 2.09. The number of carbonyl (C=O) groups is 1. The second-order valence-corrected chi connectivity index (χ2v) is 5.58. The SMILES string of the molecule is CC1(NC(=O)C(C#N)c2ccccc2)CCCCC1. The van der Waals surface area contributed by atoms with Crippen LogP contribution in [0.4, 0.5) is 0 Å². The molecule has 0 saturated heterocycles. The maximum Gasteiger partial charge on any atom is 0.242 e. The Kier molecular flexibility index (Phi) is 4.21. The Bertz CT molecular complexity index is 469. The fourth-order valence-corrected chi connectivity index (χ4v) is 2.76. The second-order valence-electron chi connectivity index (χ2n) is 5.58. The van der Waals surface area contributed by atoms with Gasteiger partial charge in [-0.15, -0.1) is 0 Å². The Balaban J connectivity index is 2.08. The van der Waals surface area contributed by atoms with E-state index >= 15 is 0 Å². The molecular formula is C16H20N2O. The van der Waals surface area contributed by atoms with Gasteiger partial charge in [0.05, 0.1) is 6.07 Å². The van der Waals surface area contributed by atoms with Gasteiger partial charge in [0.1, 0.15) is 5.92 Å². The molecule has 19 heavy (non-hydrogen) atoms. The molecule has 1 unspecified atom stereocenters. The molecule has 100 valence electrons. The molecule has 1 N–H and O–H groups in total. The fourth-order valence-electron chi connectivity index (χ4n) is 2.76. The lowest BCUT2D eigenvalue weighted by Gasteiger charge is -2.35. The number of nitriles is 1. The Morgan fingerprint density at radius 2 is 1.89 bits per heavy atom. The molecule has 2 rings (SSSR count). The molecule has 3 nitrogen and oxygen atoms in total. The second kappa shape index (κ2) is 5.88. The zero-order valence-corrected chi connectivity index (χ0v) is 11.4. The average Bonchev–Trinajstić information content (AvgIpc) is 2.41. The van der Waals surface area contributed by atoms with Crippen molar-refractivity contribution in [1.29, 1.82) is 5.26 Å². The molecule has 0 radical (unpaired) electrons. The van der Waals surface area contributed by atoms with Gasteiger partial charge in [0.2, 0.25) is 5.91 Å².